The minimum absolute atomic E-state index is 0.569. The minimum Gasteiger partial charge on any atom is -0.314 e. The minimum atomic E-state index is -0.703. The van der Waals surface area contributed by atoms with Gasteiger partial charge in [-0.1, -0.05) is 26.0 Å². The van der Waals surface area contributed by atoms with Gasteiger partial charge in [-0.05, 0) is 37.0 Å². The largest absolute Gasteiger partial charge is 0.314 e. The van der Waals surface area contributed by atoms with Gasteiger partial charge in [0.15, 0.2) is 0 Å². The van der Waals surface area contributed by atoms with E-state index >= 15 is 0 Å². The van der Waals surface area contributed by atoms with E-state index in [0.29, 0.717) is 12.3 Å². The van der Waals surface area contributed by atoms with Crippen molar-refractivity contribution in [2.24, 2.45) is 5.73 Å². The number of benzene rings is 1. The average molecular weight is 248 g/mol. The molecule has 0 bridgehead atoms. The normalized spacial score (nSPS) is 14.4. The predicted octanol–water partition coefficient (Wildman–Crippen LogP) is 3.53. The lowest BCUT2D eigenvalue weighted by atomic mass is 10.0. The lowest BCUT2D eigenvalue weighted by Gasteiger charge is -2.14. The van der Waals surface area contributed by atoms with E-state index < -0.39 is 5.54 Å². The standard InChI is InChI=1S/C14H20N2S/c1-11(2)12-4-6-13(7-5-12)17-9-8-14(3,16)10-15/h4-7,11H,8-9,16H2,1-3H3. The van der Waals surface area contributed by atoms with Crippen LogP contribution in [0.3, 0.4) is 0 Å². The Balaban J connectivity index is 2.46. The van der Waals surface area contributed by atoms with Crippen molar-refractivity contribution in [3.05, 3.63) is 29.8 Å². The summed E-state index contributed by atoms with van der Waals surface area (Å²) in [5.41, 5.74) is 6.42. The highest BCUT2D eigenvalue weighted by molar-refractivity contribution is 7.99. The van der Waals surface area contributed by atoms with Gasteiger partial charge in [-0.25, -0.2) is 0 Å². The Kier molecular flexibility index (Phi) is 5.04. The second-order valence-corrected chi connectivity index (χ2v) is 6.02. The molecule has 1 rings (SSSR count). The van der Waals surface area contributed by atoms with Crippen LogP contribution in [0.4, 0.5) is 0 Å². The van der Waals surface area contributed by atoms with Gasteiger partial charge in [0, 0.05) is 10.6 Å². The Morgan fingerprint density at radius 3 is 2.41 bits per heavy atom. The van der Waals surface area contributed by atoms with Crippen LogP contribution in [0.5, 0.6) is 0 Å². The summed E-state index contributed by atoms with van der Waals surface area (Å²) in [5, 5.41) is 8.80. The molecule has 0 saturated carbocycles. The molecule has 0 radical (unpaired) electrons. The monoisotopic (exact) mass is 248 g/mol. The van der Waals surface area contributed by atoms with Gasteiger partial charge in [0.05, 0.1) is 6.07 Å². The van der Waals surface area contributed by atoms with Crippen molar-refractivity contribution in [2.45, 2.75) is 43.5 Å². The summed E-state index contributed by atoms with van der Waals surface area (Å²) >= 11 is 1.75. The third-order valence-electron chi connectivity index (χ3n) is 2.69. The number of hydrogen-bond donors (Lipinski definition) is 1. The van der Waals surface area contributed by atoms with Gasteiger partial charge < -0.3 is 5.73 Å². The molecule has 0 aliphatic carbocycles. The molecule has 0 saturated heterocycles. The molecule has 0 amide bonds. The van der Waals surface area contributed by atoms with Crippen molar-refractivity contribution in [2.75, 3.05) is 5.75 Å². The maximum absolute atomic E-state index is 8.80. The van der Waals surface area contributed by atoms with E-state index in [1.165, 1.54) is 10.5 Å². The van der Waals surface area contributed by atoms with Crippen LogP contribution in [0.25, 0.3) is 0 Å². The number of hydrogen-bond acceptors (Lipinski definition) is 3. The second-order valence-electron chi connectivity index (χ2n) is 4.85. The highest BCUT2D eigenvalue weighted by atomic mass is 32.2. The van der Waals surface area contributed by atoms with Crippen LogP contribution in [0.1, 0.15) is 38.7 Å². The van der Waals surface area contributed by atoms with Gasteiger partial charge in [-0.3, -0.25) is 0 Å². The van der Waals surface area contributed by atoms with Crippen LogP contribution in [-0.2, 0) is 0 Å². The SMILES string of the molecule is CC(C)c1ccc(SCCC(C)(N)C#N)cc1. The van der Waals surface area contributed by atoms with Crippen molar-refractivity contribution in [3.63, 3.8) is 0 Å². The van der Waals surface area contributed by atoms with E-state index in [-0.39, 0.29) is 0 Å². The van der Waals surface area contributed by atoms with Crippen LogP contribution in [0, 0.1) is 11.3 Å². The summed E-state index contributed by atoms with van der Waals surface area (Å²) in [7, 11) is 0. The van der Waals surface area contributed by atoms with Gasteiger partial charge in [0.25, 0.3) is 0 Å². The Morgan fingerprint density at radius 1 is 1.35 bits per heavy atom. The summed E-state index contributed by atoms with van der Waals surface area (Å²) < 4.78 is 0. The van der Waals surface area contributed by atoms with E-state index in [2.05, 4.69) is 44.2 Å². The smallest absolute Gasteiger partial charge is 0.102 e. The van der Waals surface area contributed by atoms with Crippen molar-refractivity contribution in [1.82, 2.24) is 0 Å². The highest BCUT2D eigenvalue weighted by Crippen LogP contribution is 2.23. The molecule has 1 aromatic carbocycles. The fraction of sp³-hybridized carbons (Fsp3) is 0.500. The molecule has 92 valence electrons. The van der Waals surface area contributed by atoms with Gasteiger partial charge in [-0.15, -0.1) is 11.8 Å². The number of rotatable bonds is 5. The first-order valence-electron chi connectivity index (χ1n) is 5.87. The molecular weight excluding hydrogens is 228 g/mol. The van der Waals surface area contributed by atoms with E-state index in [1.807, 2.05) is 0 Å². The first-order chi connectivity index (χ1) is 7.94. The zero-order valence-corrected chi connectivity index (χ0v) is 11.6. The maximum Gasteiger partial charge on any atom is 0.102 e. The average Bonchev–Trinajstić information content (AvgIpc) is 2.29. The lowest BCUT2D eigenvalue weighted by molar-refractivity contribution is 0.583. The quantitative estimate of drug-likeness (QED) is 0.811. The second kappa shape index (κ2) is 6.09. The summed E-state index contributed by atoms with van der Waals surface area (Å²) in [5.74, 6) is 1.45. The van der Waals surface area contributed by atoms with Crippen molar-refractivity contribution in [3.8, 4) is 6.07 Å². The first-order valence-corrected chi connectivity index (χ1v) is 6.86. The van der Waals surface area contributed by atoms with Crippen molar-refractivity contribution >= 4 is 11.8 Å². The van der Waals surface area contributed by atoms with E-state index in [1.54, 1.807) is 18.7 Å². The highest BCUT2D eigenvalue weighted by Gasteiger charge is 2.16. The molecule has 0 spiro atoms. The number of nitrogens with zero attached hydrogens (tertiary/aromatic N) is 1. The molecule has 2 nitrogen and oxygen atoms in total. The van der Waals surface area contributed by atoms with Crippen LogP contribution in [-0.4, -0.2) is 11.3 Å². The molecule has 17 heavy (non-hydrogen) atoms. The van der Waals surface area contributed by atoms with Crippen molar-refractivity contribution < 1.29 is 0 Å². The summed E-state index contributed by atoms with van der Waals surface area (Å²) in [4.78, 5) is 1.24. The molecule has 1 unspecified atom stereocenters. The molecule has 0 aliphatic rings. The summed E-state index contributed by atoms with van der Waals surface area (Å²) in [6, 6.07) is 10.7. The summed E-state index contributed by atoms with van der Waals surface area (Å²) in [6.45, 7) is 6.15. The Bertz CT molecular complexity index is 388. The van der Waals surface area contributed by atoms with E-state index in [0.717, 1.165) is 5.75 Å². The molecule has 1 aromatic rings. The van der Waals surface area contributed by atoms with Gasteiger partial charge in [0.2, 0.25) is 0 Å². The molecular formula is C14H20N2S. The third kappa shape index (κ3) is 4.80. The third-order valence-corrected chi connectivity index (χ3v) is 3.71. The predicted molar refractivity (Wildman–Crippen MR) is 74.1 cm³/mol. The van der Waals surface area contributed by atoms with Crippen LogP contribution >= 0.6 is 11.8 Å². The van der Waals surface area contributed by atoms with Crippen molar-refractivity contribution in [1.29, 1.82) is 5.26 Å². The fourth-order valence-corrected chi connectivity index (χ4v) is 2.48. The van der Waals surface area contributed by atoms with E-state index in [9.17, 15) is 0 Å². The molecule has 0 heterocycles. The molecule has 0 fully saturated rings. The molecule has 1 atom stereocenters. The maximum atomic E-state index is 8.80. The number of nitrogens with two attached hydrogens (primary N) is 1. The molecule has 3 heteroatoms. The Hall–Kier alpha value is -0.980. The molecule has 0 aromatic heterocycles. The van der Waals surface area contributed by atoms with Crippen LogP contribution in [0.15, 0.2) is 29.2 Å². The molecule has 2 N–H and O–H groups in total. The van der Waals surface area contributed by atoms with Crippen LogP contribution < -0.4 is 5.73 Å². The zero-order chi connectivity index (χ0) is 12.9. The lowest BCUT2D eigenvalue weighted by Crippen LogP contribution is -2.34. The van der Waals surface area contributed by atoms with Gasteiger partial charge in [0.1, 0.15) is 5.54 Å². The van der Waals surface area contributed by atoms with Gasteiger partial charge in [-0.2, -0.15) is 5.26 Å². The first kappa shape index (κ1) is 14.1. The molecule has 0 aliphatic heterocycles. The number of nitriles is 1. The fourth-order valence-electron chi connectivity index (χ4n) is 1.39. The zero-order valence-electron chi connectivity index (χ0n) is 10.7. The van der Waals surface area contributed by atoms with E-state index in [4.69, 9.17) is 11.0 Å². The summed E-state index contributed by atoms with van der Waals surface area (Å²) in [6.07, 6.45) is 0.708. The Morgan fingerprint density at radius 2 is 1.94 bits per heavy atom. The van der Waals surface area contributed by atoms with Gasteiger partial charge >= 0.3 is 0 Å². The Labute approximate surface area is 108 Å². The van der Waals surface area contributed by atoms with Crippen LogP contribution in [0.2, 0.25) is 0 Å². The topological polar surface area (TPSA) is 49.8 Å². The number of thioether (sulfide) groups is 1.